The number of aliphatic imine (C=N–C) groups is 1. The highest BCUT2D eigenvalue weighted by Crippen LogP contribution is 2.20. The van der Waals surface area contributed by atoms with E-state index in [0.29, 0.717) is 11.8 Å². The third-order valence-electron chi connectivity index (χ3n) is 5.33. The smallest absolute Gasteiger partial charge is 0.193 e. The molecule has 0 amide bonds. The Morgan fingerprint density at radius 2 is 2.00 bits per heavy atom. The average Bonchev–Trinajstić information content (AvgIpc) is 3.00. The first kappa shape index (κ1) is 25.2. The zero-order valence-corrected chi connectivity index (χ0v) is 21.1. The summed E-state index contributed by atoms with van der Waals surface area (Å²) in [5.74, 6) is 2.15. The predicted octanol–water partition coefficient (Wildman–Crippen LogP) is 3.68. The Morgan fingerprint density at radius 1 is 1.32 bits per heavy atom. The van der Waals surface area contributed by atoms with Crippen LogP contribution in [0.25, 0.3) is 0 Å². The van der Waals surface area contributed by atoms with E-state index in [0.717, 1.165) is 25.6 Å². The maximum absolute atomic E-state index is 4.97. The number of halogens is 1. The highest BCUT2D eigenvalue weighted by atomic mass is 127. The zero-order valence-electron chi connectivity index (χ0n) is 18.7. The molecule has 2 heterocycles. The Hall–Kier alpha value is -0.830. The van der Waals surface area contributed by atoms with Crippen molar-refractivity contribution in [1.82, 2.24) is 24.9 Å². The van der Waals surface area contributed by atoms with Crippen LogP contribution >= 0.6 is 24.0 Å². The van der Waals surface area contributed by atoms with Gasteiger partial charge in [-0.3, -0.25) is 9.67 Å². The van der Waals surface area contributed by atoms with Gasteiger partial charge in [0.2, 0.25) is 0 Å². The minimum atomic E-state index is 0. The molecule has 0 saturated carbocycles. The van der Waals surface area contributed by atoms with Gasteiger partial charge < -0.3 is 15.1 Å². The molecule has 1 aliphatic rings. The first-order valence-corrected chi connectivity index (χ1v) is 10.7. The standard InChI is InChI=1S/C21H40N6.HI/c1-7-11-27-12-9-18(10-13-27)14-23-21(22-8-2)25(5)15-19-16-26(6)24-20(19)17(3)4;/h16-18H,7-15H2,1-6H3,(H,22,23);1H. The molecular weight excluding hydrogens is 463 g/mol. The van der Waals surface area contributed by atoms with Crippen molar-refractivity contribution in [2.24, 2.45) is 18.0 Å². The second-order valence-electron chi connectivity index (χ2n) is 8.20. The molecular formula is C21H41IN6. The van der Waals surface area contributed by atoms with Crippen LogP contribution in [0.1, 0.15) is 64.1 Å². The molecule has 0 aliphatic carbocycles. The largest absolute Gasteiger partial charge is 0.357 e. The molecule has 0 aromatic carbocycles. The SMILES string of the molecule is CCCN1CCC(CN=C(NCC)N(C)Cc2cn(C)nc2C(C)C)CC1.I. The Morgan fingerprint density at radius 3 is 2.57 bits per heavy atom. The highest BCUT2D eigenvalue weighted by molar-refractivity contribution is 14.0. The van der Waals surface area contributed by atoms with Crippen LogP contribution in [0.3, 0.4) is 0 Å². The molecule has 0 spiro atoms. The summed E-state index contributed by atoms with van der Waals surface area (Å²) in [6, 6.07) is 0. The van der Waals surface area contributed by atoms with Crippen LogP contribution in [0.5, 0.6) is 0 Å². The van der Waals surface area contributed by atoms with Gasteiger partial charge in [-0.25, -0.2) is 0 Å². The molecule has 1 aliphatic heterocycles. The van der Waals surface area contributed by atoms with Crippen molar-refractivity contribution in [1.29, 1.82) is 0 Å². The third kappa shape index (κ3) is 7.54. The van der Waals surface area contributed by atoms with Gasteiger partial charge in [-0.1, -0.05) is 20.8 Å². The van der Waals surface area contributed by atoms with E-state index in [9.17, 15) is 0 Å². The molecule has 1 N–H and O–H groups in total. The molecule has 28 heavy (non-hydrogen) atoms. The Kier molecular flexibility index (Phi) is 11.4. The molecule has 162 valence electrons. The van der Waals surface area contributed by atoms with Crippen molar-refractivity contribution in [3.8, 4) is 0 Å². The van der Waals surface area contributed by atoms with E-state index in [4.69, 9.17) is 4.99 Å². The fourth-order valence-corrected chi connectivity index (χ4v) is 3.89. The minimum Gasteiger partial charge on any atom is -0.357 e. The number of piperidine rings is 1. The summed E-state index contributed by atoms with van der Waals surface area (Å²) in [5, 5.41) is 8.10. The topological polar surface area (TPSA) is 48.7 Å². The third-order valence-corrected chi connectivity index (χ3v) is 5.33. The number of nitrogens with one attached hydrogen (secondary N) is 1. The summed E-state index contributed by atoms with van der Waals surface area (Å²) in [7, 11) is 4.13. The lowest BCUT2D eigenvalue weighted by molar-refractivity contribution is 0.188. The van der Waals surface area contributed by atoms with E-state index in [1.165, 1.54) is 50.2 Å². The summed E-state index contributed by atoms with van der Waals surface area (Å²) in [6.07, 6.45) is 5.93. The van der Waals surface area contributed by atoms with Gasteiger partial charge in [-0.05, 0) is 57.7 Å². The van der Waals surface area contributed by atoms with Gasteiger partial charge in [0.1, 0.15) is 0 Å². The van der Waals surface area contributed by atoms with Gasteiger partial charge in [0.25, 0.3) is 0 Å². The summed E-state index contributed by atoms with van der Waals surface area (Å²) in [5.41, 5.74) is 2.47. The maximum atomic E-state index is 4.97. The second kappa shape index (κ2) is 12.7. The minimum absolute atomic E-state index is 0. The number of aryl methyl sites for hydroxylation is 1. The van der Waals surface area contributed by atoms with E-state index < -0.39 is 0 Å². The van der Waals surface area contributed by atoms with Crippen molar-refractivity contribution in [2.75, 3.05) is 39.8 Å². The maximum Gasteiger partial charge on any atom is 0.193 e. The first-order valence-electron chi connectivity index (χ1n) is 10.7. The van der Waals surface area contributed by atoms with Crippen molar-refractivity contribution in [3.05, 3.63) is 17.5 Å². The van der Waals surface area contributed by atoms with Crippen LogP contribution in [0.4, 0.5) is 0 Å². The lowest BCUT2D eigenvalue weighted by Crippen LogP contribution is -2.39. The van der Waals surface area contributed by atoms with E-state index in [-0.39, 0.29) is 24.0 Å². The summed E-state index contributed by atoms with van der Waals surface area (Å²) >= 11 is 0. The van der Waals surface area contributed by atoms with Gasteiger partial charge >= 0.3 is 0 Å². The molecule has 0 bridgehead atoms. The van der Waals surface area contributed by atoms with E-state index in [1.54, 1.807) is 0 Å². The average molecular weight is 505 g/mol. The van der Waals surface area contributed by atoms with Crippen LogP contribution in [-0.2, 0) is 13.6 Å². The quantitative estimate of drug-likeness (QED) is 0.334. The molecule has 6 nitrogen and oxygen atoms in total. The Balaban J connectivity index is 0.00000392. The number of nitrogens with zero attached hydrogens (tertiary/aromatic N) is 5. The molecule has 2 rings (SSSR count). The van der Waals surface area contributed by atoms with Crippen LogP contribution in [0.15, 0.2) is 11.2 Å². The predicted molar refractivity (Wildman–Crippen MR) is 130 cm³/mol. The van der Waals surface area contributed by atoms with Crippen LogP contribution in [0.2, 0.25) is 0 Å². The summed E-state index contributed by atoms with van der Waals surface area (Å²) in [4.78, 5) is 9.80. The molecule has 0 atom stereocenters. The summed E-state index contributed by atoms with van der Waals surface area (Å²) < 4.78 is 1.92. The lowest BCUT2D eigenvalue weighted by atomic mass is 9.97. The van der Waals surface area contributed by atoms with Gasteiger partial charge in [0, 0.05) is 45.5 Å². The van der Waals surface area contributed by atoms with Gasteiger partial charge in [0.05, 0.1) is 5.69 Å². The van der Waals surface area contributed by atoms with Gasteiger partial charge in [0.15, 0.2) is 5.96 Å². The van der Waals surface area contributed by atoms with Crippen molar-refractivity contribution < 1.29 is 0 Å². The number of rotatable bonds is 8. The van der Waals surface area contributed by atoms with Crippen molar-refractivity contribution in [2.45, 2.75) is 59.4 Å². The van der Waals surface area contributed by atoms with Crippen molar-refractivity contribution >= 4 is 29.9 Å². The highest BCUT2D eigenvalue weighted by Gasteiger charge is 2.19. The number of hydrogen-bond donors (Lipinski definition) is 1. The molecule has 0 unspecified atom stereocenters. The number of aromatic nitrogens is 2. The monoisotopic (exact) mass is 504 g/mol. The lowest BCUT2D eigenvalue weighted by Gasteiger charge is -2.31. The van der Waals surface area contributed by atoms with Crippen LogP contribution in [0, 0.1) is 5.92 Å². The first-order chi connectivity index (χ1) is 12.9. The van der Waals surface area contributed by atoms with Crippen LogP contribution < -0.4 is 5.32 Å². The molecule has 1 aromatic heterocycles. The van der Waals surface area contributed by atoms with Crippen LogP contribution in [-0.4, -0.2) is 65.3 Å². The number of hydrogen-bond acceptors (Lipinski definition) is 3. The fourth-order valence-electron chi connectivity index (χ4n) is 3.89. The second-order valence-corrected chi connectivity index (χ2v) is 8.20. The molecule has 7 heteroatoms. The zero-order chi connectivity index (χ0) is 19.8. The van der Waals surface area contributed by atoms with Crippen molar-refractivity contribution in [3.63, 3.8) is 0 Å². The van der Waals surface area contributed by atoms with E-state index in [2.05, 4.69) is 61.2 Å². The molecule has 1 aromatic rings. The number of likely N-dealkylation sites (tertiary alicyclic amines) is 1. The molecule has 1 saturated heterocycles. The Labute approximate surface area is 189 Å². The Bertz CT molecular complexity index is 590. The molecule has 1 fully saturated rings. The molecule has 0 radical (unpaired) electrons. The van der Waals surface area contributed by atoms with E-state index >= 15 is 0 Å². The van der Waals surface area contributed by atoms with Gasteiger partial charge in [-0.15, -0.1) is 24.0 Å². The van der Waals surface area contributed by atoms with Gasteiger partial charge in [-0.2, -0.15) is 5.10 Å². The summed E-state index contributed by atoms with van der Waals surface area (Å²) in [6.45, 7) is 15.2. The van der Waals surface area contributed by atoms with E-state index in [1.807, 2.05) is 11.7 Å². The normalized spacial score (nSPS) is 16.3. The fraction of sp³-hybridized carbons (Fsp3) is 0.810. The number of guanidine groups is 1.